The standard InChI is InChI=1S/C23H24N4S/c1-3-17-15-28-23-25-21(19-7-4-5-13-24-19)22(27(17)23)20-8-6-14-26(20)18-11-9-16(2)10-12-18/h4-14,17,21-22H,3,15H2,1-2H3/t17-,21-,22+/m1/s1. The van der Waals surface area contributed by atoms with Crippen LogP contribution in [0, 0.1) is 6.92 Å². The molecule has 0 unspecified atom stereocenters. The summed E-state index contributed by atoms with van der Waals surface area (Å²) in [4.78, 5) is 12.3. The largest absolute Gasteiger partial charge is 0.337 e. The Balaban J connectivity index is 1.62. The number of amidine groups is 1. The van der Waals surface area contributed by atoms with E-state index in [1.54, 1.807) is 0 Å². The Kier molecular flexibility index (Phi) is 4.47. The second kappa shape index (κ2) is 7.13. The number of fused-ring (bicyclic) bond motifs is 1. The van der Waals surface area contributed by atoms with Crippen molar-refractivity contribution in [1.29, 1.82) is 0 Å². The van der Waals surface area contributed by atoms with Crippen LogP contribution in [0.15, 0.2) is 72.0 Å². The van der Waals surface area contributed by atoms with Gasteiger partial charge in [0.05, 0.1) is 5.69 Å². The summed E-state index contributed by atoms with van der Waals surface area (Å²) >= 11 is 1.89. The second-order valence-electron chi connectivity index (χ2n) is 7.47. The lowest BCUT2D eigenvalue weighted by molar-refractivity contribution is 0.249. The number of hydrogen-bond acceptors (Lipinski definition) is 4. The fourth-order valence-corrected chi connectivity index (χ4v) is 5.58. The van der Waals surface area contributed by atoms with Gasteiger partial charge < -0.3 is 9.47 Å². The molecule has 4 nitrogen and oxygen atoms in total. The van der Waals surface area contributed by atoms with Gasteiger partial charge in [-0.2, -0.15) is 0 Å². The molecular formula is C23H24N4S. The topological polar surface area (TPSA) is 33.4 Å². The van der Waals surface area contributed by atoms with Crippen molar-refractivity contribution in [3.63, 3.8) is 0 Å². The number of thioether (sulfide) groups is 1. The van der Waals surface area contributed by atoms with E-state index in [0.717, 1.165) is 17.9 Å². The monoisotopic (exact) mass is 388 g/mol. The van der Waals surface area contributed by atoms with Crippen molar-refractivity contribution in [3.05, 3.63) is 83.9 Å². The average Bonchev–Trinajstić information content (AvgIpc) is 3.44. The Morgan fingerprint density at radius 1 is 1.07 bits per heavy atom. The lowest BCUT2D eigenvalue weighted by Crippen LogP contribution is -2.36. The van der Waals surface area contributed by atoms with E-state index in [4.69, 9.17) is 4.99 Å². The van der Waals surface area contributed by atoms with Gasteiger partial charge in [-0.3, -0.25) is 9.98 Å². The molecule has 5 rings (SSSR count). The van der Waals surface area contributed by atoms with Gasteiger partial charge in [-0.15, -0.1) is 0 Å². The van der Waals surface area contributed by atoms with Gasteiger partial charge >= 0.3 is 0 Å². The number of aryl methyl sites for hydroxylation is 1. The van der Waals surface area contributed by atoms with Gasteiger partial charge in [0.1, 0.15) is 12.1 Å². The summed E-state index contributed by atoms with van der Waals surface area (Å²) in [6.07, 6.45) is 5.17. The minimum atomic E-state index is 0.0251. The molecule has 28 heavy (non-hydrogen) atoms. The molecule has 0 N–H and O–H groups in total. The smallest absolute Gasteiger partial charge is 0.160 e. The van der Waals surface area contributed by atoms with Gasteiger partial charge in [-0.1, -0.05) is 42.4 Å². The van der Waals surface area contributed by atoms with Gasteiger partial charge in [-0.05, 0) is 49.7 Å². The Hall–Kier alpha value is -2.53. The van der Waals surface area contributed by atoms with E-state index >= 15 is 0 Å². The Labute approximate surface area is 170 Å². The minimum Gasteiger partial charge on any atom is -0.337 e. The van der Waals surface area contributed by atoms with Gasteiger partial charge in [0, 0.05) is 35.6 Å². The van der Waals surface area contributed by atoms with Gasteiger partial charge in [0.15, 0.2) is 5.17 Å². The number of nitrogens with zero attached hydrogens (tertiary/aromatic N) is 4. The SMILES string of the molecule is CC[C@@H]1CSC2=N[C@H](c3ccccn3)[C@H](c3cccn3-c3ccc(C)cc3)N21. The van der Waals surface area contributed by atoms with Crippen LogP contribution in [-0.4, -0.2) is 31.4 Å². The molecule has 2 aliphatic heterocycles. The summed E-state index contributed by atoms with van der Waals surface area (Å²) in [6, 6.07) is 20.0. The minimum absolute atomic E-state index is 0.0251. The quantitative estimate of drug-likeness (QED) is 0.619. The normalized spacial score (nSPS) is 23.7. The van der Waals surface area contributed by atoms with Crippen molar-refractivity contribution in [2.75, 3.05) is 5.75 Å². The summed E-state index contributed by atoms with van der Waals surface area (Å²) in [5, 5.41) is 1.17. The fourth-order valence-electron chi connectivity index (χ4n) is 4.25. The average molecular weight is 389 g/mol. The Morgan fingerprint density at radius 3 is 2.68 bits per heavy atom. The molecule has 3 aromatic rings. The lowest BCUT2D eigenvalue weighted by Gasteiger charge is -2.32. The number of aliphatic imine (C=N–C) groups is 1. The Bertz CT molecular complexity index is 993. The van der Waals surface area contributed by atoms with Gasteiger partial charge in [0.2, 0.25) is 0 Å². The summed E-state index contributed by atoms with van der Waals surface area (Å²) in [5.41, 5.74) is 4.79. The molecule has 3 atom stereocenters. The van der Waals surface area contributed by atoms with Crippen LogP contribution in [0.3, 0.4) is 0 Å². The zero-order valence-corrected chi connectivity index (χ0v) is 17.0. The third-order valence-electron chi connectivity index (χ3n) is 5.72. The number of benzene rings is 1. The van der Waals surface area contributed by atoms with Crippen molar-refractivity contribution in [1.82, 2.24) is 14.5 Å². The maximum atomic E-state index is 5.13. The number of rotatable bonds is 4. The lowest BCUT2D eigenvalue weighted by atomic mass is 9.99. The van der Waals surface area contributed by atoms with Crippen molar-refractivity contribution in [2.24, 2.45) is 4.99 Å². The van der Waals surface area contributed by atoms with Crippen LogP contribution in [0.1, 0.15) is 42.4 Å². The number of hydrogen-bond donors (Lipinski definition) is 0. The van der Waals surface area contributed by atoms with E-state index in [-0.39, 0.29) is 12.1 Å². The highest BCUT2D eigenvalue weighted by Crippen LogP contribution is 2.48. The molecule has 5 heteroatoms. The number of aromatic nitrogens is 2. The van der Waals surface area contributed by atoms with Crippen LogP contribution in [0.4, 0.5) is 0 Å². The predicted octanol–water partition coefficient (Wildman–Crippen LogP) is 5.16. The summed E-state index contributed by atoms with van der Waals surface area (Å²) < 4.78 is 2.31. The predicted molar refractivity (Wildman–Crippen MR) is 116 cm³/mol. The fraction of sp³-hybridized carbons (Fsp3) is 0.304. The van der Waals surface area contributed by atoms with Crippen LogP contribution in [0.5, 0.6) is 0 Å². The third-order valence-corrected chi connectivity index (χ3v) is 6.85. The molecule has 1 fully saturated rings. The molecule has 0 spiro atoms. The molecule has 4 heterocycles. The van der Waals surface area contributed by atoms with Crippen LogP contribution < -0.4 is 0 Å². The van der Waals surface area contributed by atoms with E-state index in [2.05, 4.69) is 83.0 Å². The molecular weight excluding hydrogens is 364 g/mol. The van der Waals surface area contributed by atoms with Crippen molar-refractivity contribution >= 4 is 16.9 Å². The first kappa shape index (κ1) is 17.6. The van der Waals surface area contributed by atoms with Crippen LogP contribution in [-0.2, 0) is 0 Å². The van der Waals surface area contributed by atoms with E-state index in [1.807, 2.05) is 24.0 Å². The summed E-state index contributed by atoms with van der Waals surface area (Å²) in [5.74, 6) is 1.12. The molecule has 142 valence electrons. The molecule has 0 aliphatic carbocycles. The highest BCUT2D eigenvalue weighted by molar-refractivity contribution is 8.14. The third kappa shape index (κ3) is 2.85. The van der Waals surface area contributed by atoms with Crippen LogP contribution in [0.25, 0.3) is 5.69 Å². The van der Waals surface area contributed by atoms with Crippen molar-refractivity contribution in [2.45, 2.75) is 38.4 Å². The molecule has 1 aromatic carbocycles. The highest BCUT2D eigenvalue weighted by atomic mass is 32.2. The zero-order chi connectivity index (χ0) is 19.1. The Morgan fingerprint density at radius 2 is 1.93 bits per heavy atom. The molecule has 1 saturated heterocycles. The van der Waals surface area contributed by atoms with Crippen LogP contribution in [0.2, 0.25) is 0 Å². The zero-order valence-electron chi connectivity index (χ0n) is 16.2. The second-order valence-corrected chi connectivity index (χ2v) is 8.46. The first-order valence-electron chi connectivity index (χ1n) is 9.90. The van der Waals surface area contributed by atoms with E-state index in [9.17, 15) is 0 Å². The summed E-state index contributed by atoms with van der Waals surface area (Å²) in [6.45, 7) is 4.40. The molecule has 0 saturated carbocycles. The molecule has 0 radical (unpaired) electrons. The van der Waals surface area contributed by atoms with E-state index in [1.165, 1.54) is 22.1 Å². The first-order chi connectivity index (χ1) is 13.8. The molecule has 2 aromatic heterocycles. The van der Waals surface area contributed by atoms with E-state index < -0.39 is 0 Å². The van der Waals surface area contributed by atoms with Crippen LogP contribution >= 0.6 is 11.8 Å². The maximum Gasteiger partial charge on any atom is 0.160 e. The molecule has 0 amide bonds. The van der Waals surface area contributed by atoms with Gasteiger partial charge in [0.25, 0.3) is 0 Å². The number of pyridine rings is 1. The van der Waals surface area contributed by atoms with Crippen molar-refractivity contribution < 1.29 is 0 Å². The summed E-state index contributed by atoms with van der Waals surface area (Å²) in [7, 11) is 0. The van der Waals surface area contributed by atoms with Crippen molar-refractivity contribution in [3.8, 4) is 5.69 Å². The highest BCUT2D eigenvalue weighted by Gasteiger charge is 2.46. The molecule has 0 bridgehead atoms. The maximum absolute atomic E-state index is 5.13. The van der Waals surface area contributed by atoms with E-state index in [0.29, 0.717) is 6.04 Å². The van der Waals surface area contributed by atoms with Gasteiger partial charge in [-0.25, -0.2) is 0 Å². The first-order valence-corrected chi connectivity index (χ1v) is 10.9. The molecule has 2 aliphatic rings.